The van der Waals surface area contributed by atoms with Gasteiger partial charge < -0.3 is 9.13 Å². The first kappa shape index (κ1) is 36.6. The summed E-state index contributed by atoms with van der Waals surface area (Å²) < 4.78 is 88.3. The fourth-order valence-corrected chi connectivity index (χ4v) is 7.96. The molecule has 290 valence electrons. The van der Waals surface area contributed by atoms with Crippen LogP contribution in [0.5, 0.6) is 0 Å². The molecule has 0 spiro atoms. The molecule has 0 saturated carbocycles. The molecule has 0 unspecified atom stereocenters. The standard InChI is InChI=1S/C48H26F6N6/c49-47(50,51)31-19-21-40-35(25-31)33-15-7-9-17-38(33)59(40)42-23-30(46-57-44(28-11-3-1-4-12-28)56-45(58-46)29-13-5-2-6-14-29)24-43(37(42)27-55)60-39-18-10-8-16-34(39)36-26-32(48(52,53)54)20-22-41(36)60/h1-26H. The average Bonchev–Trinajstić information content (AvgIpc) is 3.78. The molecule has 10 rings (SSSR count). The van der Waals surface area contributed by atoms with E-state index >= 15 is 0 Å². The summed E-state index contributed by atoms with van der Waals surface area (Å²) in [5, 5.41) is 12.9. The number of para-hydroxylation sites is 2. The Morgan fingerprint density at radius 3 is 1.17 bits per heavy atom. The summed E-state index contributed by atoms with van der Waals surface area (Å²) >= 11 is 0. The predicted octanol–water partition coefficient (Wildman–Crippen LogP) is 13.0. The Kier molecular flexibility index (Phi) is 8.33. The molecule has 60 heavy (non-hydrogen) atoms. The monoisotopic (exact) mass is 800 g/mol. The molecule has 10 aromatic rings. The van der Waals surface area contributed by atoms with Gasteiger partial charge in [-0.3, -0.25) is 0 Å². The van der Waals surface area contributed by atoms with Gasteiger partial charge in [-0.2, -0.15) is 31.6 Å². The van der Waals surface area contributed by atoms with Crippen LogP contribution < -0.4 is 0 Å². The summed E-state index contributed by atoms with van der Waals surface area (Å²) in [4.78, 5) is 14.7. The maximum atomic E-state index is 14.1. The fraction of sp³-hybridized carbons (Fsp3) is 0.0417. The highest BCUT2D eigenvalue weighted by atomic mass is 19.4. The van der Waals surface area contributed by atoms with E-state index < -0.39 is 23.5 Å². The summed E-state index contributed by atoms with van der Waals surface area (Å²) in [7, 11) is 0. The van der Waals surface area contributed by atoms with Crippen molar-refractivity contribution in [2.75, 3.05) is 0 Å². The zero-order valence-electron chi connectivity index (χ0n) is 31.0. The van der Waals surface area contributed by atoms with E-state index in [0.717, 1.165) is 24.3 Å². The highest BCUT2D eigenvalue weighted by molar-refractivity contribution is 6.11. The Labute approximate surface area is 336 Å². The van der Waals surface area contributed by atoms with Crippen LogP contribution in [-0.4, -0.2) is 24.1 Å². The van der Waals surface area contributed by atoms with Crippen molar-refractivity contribution in [2.24, 2.45) is 0 Å². The molecule has 0 amide bonds. The highest BCUT2D eigenvalue weighted by Crippen LogP contribution is 2.43. The van der Waals surface area contributed by atoms with Crippen LogP contribution in [0.1, 0.15) is 16.7 Å². The third-order valence-corrected chi connectivity index (χ3v) is 10.6. The van der Waals surface area contributed by atoms with Gasteiger partial charge in [-0.05, 0) is 60.7 Å². The summed E-state index contributed by atoms with van der Waals surface area (Å²) in [6.45, 7) is 0. The van der Waals surface area contributed by atoms with Crippen LogP contribution in [0.2, 0.25) is 0 Å². The van der Waals surface area contributed by atoms with Crippen molar-refractivity contribution in [2.45, 2.75) is 12.4 Å². The van der Waals surface area contributed by atoms with Gasteiger partial charge in [-0.25, -0.2) is 15.0 Å². The Bertz CT molecular complexity index is 3150. The number of aromatic nitrogens is 5. The molecular formula is C48H26F6N6. The van der Waals surface area contributed by atoms with Crippen molar-refractivity contribution >= 4 is 43.6 Å². The van der Waals surface area contributed by atoms with E-state index in [-0.39, 0.29) is 22.8 Å². The van der Waals surface area contributed by atoms with Gasteiger partial charge in [-0.1, -0.05) is 97.1 Å². The van der Waals surface area contributed by atoms with Gasteiger partial charge in [0, 0.05) is 38.2 Å². The van der Waals surface area contributed by atoms with E-state index in [2.05, 4.69) is 6.07 Å². The lowest BCUT2D eigenvalue weighted by molar-refractivity contribution is -0.138. The zero-order valence-corrected chi connectivity index (χ0v) is 31.0. The molecule has 0 aliphatic heterocycles. The van der Waals surface area contributed by atoms with Crippen molar-refractivity contribution in [3.63, 3.8) is 0 Å². The molecule has 0 N–H and O–H groups in total. The maximum absolute atomic E-state index is 14.1. The number of nitrogens with zero attached hydrogens (tertiary/aromatic N) is 6. The normalized spacial score (nSPS) is 12.2. The number of halogens is 6. The van der Waals surface area contributed by atoms with E-state index in [9.17, 15) is 31.6 Å². The second-order valence-electron chi connectivity index (χ2n) is 14.2. The first-order valence-corrected chi connectivity index (χ1v) is 18.6. The van der Waals surface area contributed by atoms with Gasteiger partial charge >= 0.3 is 12.4 Å². The lowest BCUT2D eigenvalue weighted by atomic mass is 10.0. The summed E-state index contributed by atoms with van der Waals surface area (Å²) in [6, 6.07) is 45.4. The topological polar surface area (TPSA) is 72.3 Å². The fourth-order valence-electron chi connectivity index (χ4n) is 7.96. The first-order chi connectivity index (χ1) is 29.0. The van der Waals surface area contributed by atoms with Gasteiger partial charge in [0.1, 0.15) is 11.6 Å². The summed E-state index contributed by atoms with van der Waals surface area (Å²) in [5.74, 6) is 0.940. The molecule has 0 radical (unpaired) electrons. The van der Waals surface area contributed by atoms with Crippen LogP contribution in [0.15, 0.2) is 158 Å². The van der Waals surface area contributed by atoms with E-state index in [1.54, 1.807) is 69.8 Å². The molecular weight excluding hydrogens is 775 g/mol. The first-order valence-electron chi connectivity index (χ1n) is 18.6. The number of nitriles is 1. The number of alkyl halides is 6. The van der Waals surface area contributed by atoms with Crippen molar-refractivity contribution in [3.05, 3.63) is 174 Å². The largest absolute Gasteiger partial charge is 0.416 e. The van der Waals surface area contributed by atoms with Crippen molar-refractivity contribution in [1.29, 1.82) is 5.26 Å². The zero-order chi connectivity index (χ0) is 41.3. The van der Waals surface area contributed by atoms with Crippen molar-refractivity contribution in [3.8, 4) is 51.6 Å². The van der Waals surface area contributed by atoms with Gasteiger partial charge in [0.05, 0.1) is 44.6 Å². The highest BCUT2D eigenvalue weighted by Gasteiger charge is 2.33. The molecule has 7 aromatic carbocycles. The molecule has 0 aliphatic rings. The van der Waals surface area contributed by atoms with E-state index in [0.29, 0.717) is 72.0 Å². The number of fused-ring (bicyclic) bond motifs is 6. The molecule has 12 heteroatoms. The number of rotatable bonds is 5. The molecule has 6 nitrogen and oxygen atoms in total. The molecule has 0 aliphatic carbocycles. The van der Waals surface area contributed by atoms with Crippen molar-refractivity contribution < 1.29 is 26.3 Å². The minimum absolute atomic E-state index is 0.101. The van der Waals surface area contributed by atoms with Crippen molar-refractivity contribution in [1.82, 2.24) is 24.1 Å². The molecule has 0 bridgehead atoms. The van der Waals surface area contributed by atoms with Gasteiger partial charge in [0.15, 0.2) is 17.5 Å². The van der Waals surface area contributed by atoms with Gasteiger partial charge in [-0.15, -0.1) is 0 Å². The van der Waals surface area contributed by atoms with E-state index in [4.69, 9.17) is 15.0 Å². The van der Waals surface area contributed by atoms with E-state index in [1.165, 1.54) is 12.1 Å². The molecule has 3 aromatic heterocycles. The SMILES string of the molecule is N#Cc1c(-n2c3ccccc3c3cc(C(F)(F)F)ccc32)cc(-c2nc(-c3ccccc3)nc(-c3ccccc3)n2)cc1-n1c2ccccc2c2cc(C(F)(F)F)ccc21. The molecule has 0 fully saturated rings. The maximum Gasteiger partial charge on any atom is 0.416 e. The van der Waals surface area contributed by atoms with Crippen LogP contribution >= 0.6 is 0 Å². The minimum Gasteiger partial charge on any atom is -0.308 e. The number of hydrogen-bond donors (Lipinski definition) is 0. The van der Waals surface area contributed by atoms with Gasteiger partial charge in [0.2, 0.25) is 0 Å². The van der Waals surface area contributed by atoms with Crippen LogP contribution in [0.4, 0.5) is 26.3 Å². The average molecular weight is 801 g/mol. The van der Waals surface area contributed by atoms with Crippen LogP contribution in [0.25, 0.3) is 89.2 Å². The Balaban J connectivity index is 1.35. The minimum atomic E-state index is -4.61. The quantitative estimate of drug-likeness (QED) is 0.163. The summed E-state index contributed by atoms with van der Waals surface area (Å²) in [5.41, 5.74) is 2.67. The van der Waals surface area contributed by atoms with Crippen LogP contribution in [-0.2, 0) is 12.4 Å². The lowest BCUT2D eigenvalue weighted by Crippen LogP contribution is -2.07. The van der Waals surface area contributed by atoms with Gasteiger partial charge in [0.25, 0.3) is 0 Å². The lowest BCUT2D eigenvalue weighted by Gasteiger charge is -2.18. The van der Waals surface area contributed by atoms with E-state index in [1.807, 2.05) is 60.7 Å². The molecule has 0 saturated heterocycles. The molecule has 3 heterocycles. The Morgan fingerprint density at radius 2 is 0.767 bits per heavy atom. The Hall–Kier alpha value is -7.78. The summed E-state index contributed by atoms with van der Waals surface area (Å²) in [6.07, 6.45) is -9.23. The number of hydrogen-bond acceptors (Lipinski definition) is 4. The third-order valence-electron chi connectivity index (χ3n) is 10.6. The van der Waals surface area contributed by atoms with Crippen LogP contribution in [0, 0.1) is 11.3 Å². The smallest absolute Gasteiger partial charge is 0.308 e. The predicted molar refractivity (Wildman–Crippen MR) is 220 cm³/mol. The second kappa shape index (κ2) is 13.7. The Morgan fingerprint density at radius 1 is 0.400 bits per heavy atom. The molecule has 0 atom stereocenters. The number of benzene rings is 7. The third kappa shape index (κ3) is 6.02. The van der Waals surface area contributed by atoms with Crippen LogP contribution in [0.3, 0.4) is 0 Å². The second-order valence-corrected chi connectivity index (χ2v) is 14.2.